The molecule has 0 saturated carbocycles. The summed E-state index contributed by atoms with van der Waals surface area (Å²) in [6.45, 7) is 1.63. The van der Waals surface area contributed by atoms with Gasteiger partial charge in [0.1, 0.15) is 46.9 Å². The number of hydrogen-bond acceptors (Lipinski definition) is 12. The zero-order valence-electron chi connectivity index (χ0n) is 31.5. The highest BCUT2D eigenvalue weighted by Gasteiger charge is 2.35. The third kappa shape index (κ3) is 10.6. The minimum absolute atomic E-state index is 0.100. The summed E-state index contributed by atoms with van der Waals surface area (Å²) in [6.07, 6.45) is 2.88. The smallest absolute Gasteiger partial charge is 0.419 e. The van der Waals surface area contributed by atoms with E-state index in [0.717, 1.165) is 23.6 Å². The number of thioether (sulfide) groups is 2. The molecule has 300 valence electrons. The van der Waals surface area contributed by atoms with Gasteiger partial charge in [-0.25, -0.2) is 33.7 Å². The van der Waals surface area contributed by atoms with Crippen molar-refractivity contribution < 1.29 is 36.2 Å². The van der Waals surface area contributed by atoms with Crippen LogP contribution in [-0.2, 0) is 6.18 Å². The quantitative estimate of drug-likeness (QED) is 0.0470. The average Bonchev–Trinajstić information content (AvgIpc) is 3.61. The summed E-state index contributed by atoms with van der Waals surface area (Å²) < 4.78 is 78.1. The van der Waals surface area contributed by atoms with Gasteiger partial charge in [0.05, 0.1) is 42.2 Å². The van der Waals surface area contributed by atoms with Gasteiger partial charge in [0, 0.05) is 35.7 Å². The third-order valence-corrected chi connectivity index (χ3v) is 9.20. The van der Waals surface area contributed by atoms with E-state index >= 15 is 0 Å². The van der Waals surface area contributed by atoms with Crippen LogP contribution >= 0.6 is 23.5 Å². The molecule has 0 amide bonds. The number of aryl methyl sites for hydroxylation is 1. The van der Waals surface area contributed by atoms with Crippen molar-refractivity contribution in [3.8, 4) is 28.7 Å². The maximum Gasteiger partial charge on any atom is 0.419 e. The van der Waals surface area contributed by atoms with Crippen molar-refractivity contribution in [1.82, 2.24) is 29.5 Å². The second kappa shape index (κ2) is 19.3. The lowest BCUT2D eigenvalue weighted by Crippen LogP contribution is -2.09. The monoisotopic (exact) mass is 834 g/mol. The number of rotatable bonds is 9. The van der Waals surface area contributed by atoms with Gasteiger partial charge in [-0.2, -0.15) is 13.2 Å². The molecule has 0 aliphatic carbocycles. The number of carbonyl (C=O) groups excluding carboxylic acids is 1. The van der Waals surface area contributed by atoms with Gasteiger partial charge >= 0.3 is 6.18 Å². The normalized spacial score (nSPS) is 10.9. The summed E-state index contributed by atoms with van der Waals surface area (Å²) in [5, 5.41) is 4.36. The van der Waals surface area contributed by atoms with Crippen molar-refractivity contribution in [3.05, 3.63) is 126 Å². The molecule has 0 bridgehead atoms. The fraction of sp³-hybridized carbons (Fsp3) is 0.150. The number of anilines is 3. The van der Waals surface area contributed by atoms with Gasteiger partial charge < -0.3 is 20.5 Å². The maximum absolute atomic E-state index is 13.8. The van der Waals surface area contributed by atoms with Crippen LogP contribution in [0.1, 0.15) is 21.5 Å². The fourth-order valence-electron chi connectivity index (χ4n) is 5.22. The number of methoxy groups -OCH3 is 2. The van der Waals surface area contributed by atoms with Gasteiger partial charge in [-0.15, -0.1) is 0 Å². The van der Waals surface area contributed by atoms with E-state index in [2.05, 4.69) is 30.2 Å². The lowest BCUT2D eigenvalue weighted by molar-refractivity contribution is -0.139. The highest BCUT2D eigenvalue weighted by Crippen LogP contribution is 2.36. The first-order valence-electron chi connectivity index (χ1n) is 16.9. The lowest BCUT2D eigenvalue weighted by atomic mass is 10.1. The van der Waals surface area contributed by atoms with Crippen molar-refractivity contribution in [1.29, 1.82) is 0 Å². The molecule has 0 spiro atoms. The van der Waals surface area contributed by atoms with Crippen LogP contribution in [0.15, 0.2) is 108 Å². The first-order valence-corrected chi connectivity index (χ1v) is 19.3. The molecule has 0 atom stereocenters. The van der Waals surface area contributed by atoms with E-state index in [1.165, 1.54) is 54.9 Å². The number of aromatic nitrogens is 6. The van der Waals surface area contributed by atoms with E-state index in [1.54, 1.807) is 67.4 Å². The number of alkyl halides is 3. The maximum atomic E-state index is 13.8. The van der Waals surface area contributed by atoms with Crippen LogP contribution in [-0.4, -0.2) is 62.5 Å². The molecule has 7 aromatic rings. The Hall–Kier alpha value is -6.27. The molecule has 18 heteroatoms. The van der Waals surface area contributed by atoms with Crippen LogP contribution in [0.4, 0.5) is 39.1 Å². The number of imidazole rings is 1. The minimum Gasteiger partial charge on any atom is -0.497 e. The predicted molar refractivity (Wildman–Crippen MR) is 216 cm³/mol. The summed E-state index contributed by atoms with van der Waals surface area (Å²) >= 11 is 2.82. The van der Waals surface area contributed by atoms with Crippen molar-refractivity contribution in [2.24, 2.45) is 0 Å². The summed E-state index contributed by atoms with van der Waals surface area (Å²) in [5.74, 6) is 0.982. The average molecular weight is 835 g/mol. The van der Waals surface area contributed by atoms with E-state index in [0.29, 0.717) is 61.8 Å². The van der Waals surface area contributed by atoms with Crippen LogP contribution in [0.2, 0.25) is 0 Å². The number of carbonyl (C=O) groups is 1. The van der Waals surface area contributed by atoms with Gasteiger partial charge in [0.2, 0.25) is 0 Å². The van der Waals surface area contributed by atoms with Crippen LogP contribution in [0.25, 0.3) is 28.2 Å². The summed E-state index contributed by atoms with van der Waals surface area (Å²) in [4.78, 5) is 31.7. The Morgan fingerprint density at radius 1 is 0.776 bits per heavy atom. The molecule has 3 heterocycles. The zero-order valence-corrected chi connectivity index (χ0v) is 33.1. The summed E-state index contributed by atoms with van der Waals surface area (Å²) in [7, 11) is 3.11. The number of halogens is 5. The highest BCUT2D eigenvalue weighted by atomic mass is 32.2. The molecule has 4 aromatic carbocycles. The van der Waals surface area contributed by atoms with Crippen molar-refractivity contribution in [2.75, 3.05) is 37.8 Å². The number of nitrogens with one attached hydrogen (secondary N) is 1. The van der Waals surface area contributed by atoms with E-state index in [9.17, 15) is 26.7 Å². The van der Waals surface area contributed by atoms with E-state index in [-0.39, 0.29) is 17.2 Å². The molecular weight excluding hydrogens is 800 g/mol. The number of nitrogens with zero attached hydrogens (tertiary/aromatic N) is 6. The van der Waals surface area contributed by atoms with Crippen LogP contribution in [0, 0.1) is 18.6 Å². The summed E-state index contributed by atoms with van der Waals surface area (Å²) in [6, 6.07) is 21.1. The molecule has 11 nitrogen and oxygen atoms in total. The topological polar surface area (TPSA) is 143 Å². The van der Waals surface area contributed by atoms with Crippen molar-refractivity contribution in [2.45, 2.75) is 23.4 Å². The SMILES string of the molecule is COc1ccc(Nc2ccnc(SC)n2)c(N)c1.COc1ccc2c(c1)nc(-c1ccc(F)c(C(F)(F)F)c1)n2-c1ccnc(SC)n1.Cc1cc(C=O)ccc1F. The van der Waals surface area contributed by atoms with Crippen LogP contribution in [0.5, 0.6) is 11.5 Å². The molecule has 0 radical (unpaired) electrons. The zero-order chi connectivity index (χ0) is 42.0. The molecule has 3 aromatic heterocycles. The number of ether oxygens (including phenoxy) is 2. The number of hydrogen-bond donors (Lipinski definition) is 2. The number of nitrogens with two attached hydrogens (primary N) is 1. The summed E-state index contributed by atoms with van der Waals surface area (Å²) in [5.41, 5.74) is 8.18. The highest BCUT2D eigenvalue weighted by molar-refractivity contribution is 7.98. The molecule has 0 unspecified atom stereocenters. The molecular formula is C40H35F5N8O3S2. The van der Waals surface area contributed by atoms with Crippen molar-refractivity contribution in [3.63, 3.8) is 0 Å². The largest absolute Gasteiger partial charge is 0.497 e. The number of nitrogen functional groups attached to an aromatic ring is 1. The molecule has 0 fully saturated rings. The molecule has 0 aliphatic rings. The molecule has 3 N–H and O–H groups in total. The Labute approximate surface area is 338 Å². The van der Waals surface area contributed by atoms with Gasteiger partial charge in [-0.1, -0.05) is 23.5 Å². The van der Waals surface area contributed by atoms with Gasteiger partial charge in [0.25, 0.3) is 0 Å². The number of benzene rings is 4. The van der Waals surface area contributed by atoms with Crippen LogP contribution < -0.4 is 20.5 Å². The fourth-order valence-corrected chi connectivity index (χ4v) is 5.93. The van der Waals surface area contributed by atoms with Gasteiger partial charge in [-0.3, -0.25) is 9.36 Å². The first-order chi connectivity index (χ1) is 27.8. The van der Waals surface area contributed by atoms with Gasteiger partial charge in [0.15, 0.2) is 10.3 Å². The second-order valence-electron chi connectivity index (χ2n) is 11.9. The Morgan fingerprint density at radius 3 is 2.07 bits per heavy atom. The number of aldehydes is 1. The van der Waals surface area contributed by atoms with E-state index in [4.69, 9.17) is 15.2 Å². The molecule has 7 rings (SSSR count). The standard InChI is InChI=1S/C20H14F4N4OS.C12H14N4OS.C8H7FO/c1-29-12-4-6-16-15(10-12)26-18(28(16)17-7-8-25-19(27-17)30-2)11-3-5-14(21)13(9-11)20(22,23)24;1-17-8-3-4-10(9(13)7-8)15-11-5-6-14-12(16-11)18-2;1-6-4-7(5-10)2-3-8(6)9/h3-10H,1-2H3;3-7H,13H2,1-2H3,(H,14,15,16);2-5H,1H3. The van der Waals surface area contributed by atoms with E-state index in [1.807, 2.05) is 24.6 Å². The van der Waals surface area contributed by atoms with Crippen LogP contribution in [0.3, 0.4) is 0 Å². The Balaban J connectivity index is 0.000000192. The predicted octanol–water partition coefficient (Wildman–Crippen LogP) is 9.85. The molecule has 58 heavy (non-hydrogen) atoms. The van der Waals surface area contributed by atoms with Crippen molar-refractivity contribution >= 4 is 58.0 Å². The Morgan fingerprint density at radius 2 is 1.43 bits per heavy atom. The minimum atomic E-state index is -4.83. The Bertz CT molecular complexity index is 2540. The number of fused-ring (bicyclic) bond motifs is 1. The lowest BCUT2D eigenvalue weighted by Gasteiger charge is -2.12. The first kappa shape index (κ1) is 42.9. The molecule has 0 aliphatic heterocycles. The van der Waals surface area contributed by atoms with Gasteiger partial charge in [-0.05, 0) is 97.8 Å². The van der Waals surface area contributed by atoms with E-state index < -0.39 is 17.6 Å². The third-order valence-electron chi connectivity index (χ3n) is 8.08. The molecule has 0 saturated heterocycles. The Kier molecular flexibility index (Phi) is 14.2. The second-order valence-corrected chi connectivity index (χ2v) is 13.4.